The molecular weight excluding hydrogens is 328 g/mol. The summed E-state index contributed by atoms with van der Waals surface area (Å²) in [5.41, 5.74) is 2.94. The van der Waals surface area contributed by atoms with E-state index in [1.54, 1.807) is 17.1 Å². The zero-order chi connectivity index (χ0) is 14.7. The number of hydrogen-bond donors (Lipinski definition) is 0. The van der Waals surface area contributed by atoms with Crippen molar-refractivity contribution in [3.05, 3.63) is 64.8 Å². The van der Waals surface area contributed by atoms with E-state index in [0.717, 1.165) is 21.3 Å². The molecule has 2 heterocycles. The predicted molar refractivity (Wildman–Crippen MR) is 87.3 cm³/mol. The summed E-state index contributed by atoms with van der Waals surface area (Å²) in [7, 11) is 1.89. The second-order valence-corrected chi connectivity index (χ2v) is 5.41. The summed E-state index contributed by atoms with van der Waals surface area (Å²) in [6.07, 6.45) is 9.38. The first kappa shape index (κ1) is 13.7. The third-order valence-electron chi connectivity index (χ3n) is 2.99. The lowest BCUT2D eigenvalue weighted by Gasteiger charge is -1.99. The van der Waals surface area contributed by atoms with Crippen LogP contribution in [0, 0.1) is 0 Å². The first-order valence-corrected chi connectivity index (χ1v) is 7.26. The summed E-state index contributed by atoms with van der Waals surface area (Å²) in [5.74, 6) is 0.673. The smallest absolute Gasteiger partial charge is 0.152 e. The van der Waals surface area contributed by atoms with Crippen LogP contribution in [0.4, 0.5) is 0 Å². The Kier molecular flexibility index (Phi) is 3.92. The van der Waals surface area contributed by atoms with Gasteiger partial charge in [0.25, 0.3) is 0 Å². The molecule has 0 aliphatic rings. The van der Waals surface area contributed by atoms with E-state index in [0.29, 0.717) is 5.82 Å². The highest BCUT2D eigenvalue weighted by Gasteiger charge is 2.03. The molecule has 0 fully saturated rings. The van der Waals surface area contributed by atoms with Gasteiger partial charge in [0.2, 0.25) is 0 Å². The van der Waals surface area contributed by atoms with E-state index >= 15 is 0 Å². The van der Waals surface area contributed by atoms with Crippen molar-refractivity contribution in [2.45, 2.75) is 0 Å². The normalized spacial score (nSPS) is 11.1. The highest BCUT2D eigenvalue weighted by Crippen LogP contribution is 2.19. The van der Waals surface area contributed by atoms with Gasteiger partial charge in [0, 0.05) is 29.5 Å². The Morgan fingerprint density at radius 3 is 2.76 bits per heavy atom. The monoisotopic (exact) mass is 340 g/mol. The van der Waals surface area contributed by atoms with Gasteiger partial charge in [-0.1, -0.05) is 40.2 Å². The molecule has 0 bridgehead atoms. The number of aryl methyl sites for hydroxylation is 1. The van der Waals surface area contributed by atoms with Crippen LogP contribution in [0.3, 0.4) is 0 Å². The highest BCUT2D eigenvalue weighted by atomic mass is 79.9. The van der Waals surface area contributed by atoms with E-state index in [-0.39, 0.29) is 0 Å². The van der Waals surface area contributed by atoms with Gasteiger partial charge < -0.3 is 0 Å². The SMILES string of the molecule is Cn1cc(-c2ccnc(/C=C/c3ccccc3Br)n2)cn1. The van der Waals surface area contributed by atoms with Crippen LogP contribution in [0.1, 0.15) is 11.4 Å². The summed E-state index contributed by atoms with van der Waals surface area (Å²) >= 11 is 3.52. The Morgan fingerprint density at radius 1 is 1.14 bits per heavy atom. The van der Waals surface area contributed by atoms with Crippen LogP contribution in [0.2, 0.25) is 0 Å². The Hall–Kier alpha value is -2.27. The van der Waals surface area contributed by atoms with Gasteiger partial charge in [0.05, 0.1) is 11.9 Å². The van der Waals surface area contributed by atoms with E-state index in [2.05, 4.69) is 31.0 Å². The fourth-order valence-electron chi connectivity index (χ4n) is 1.94. The van der Waals surface area contributed by atoms with Crippen LogP contribution in [0.5, 0.6) is 0 Å². The third-order valence-corrected chi connectivity index (χ3v) is 3.71. The van der Waals surface area contributed by atoms with E-state index in [4.69, 9.17) is 0 Å². The molecule has 0 saturated carbocycles. The van der Waals surface area contributed by atoms with Crippen molar-refractivity contribution in [3.63, 3.8) is 0 Å². The van der Waals surface area contributed by atoms with E-state index < -0.39 is 0 Å². The van der Waals surface area contributed by atoms with E-state index in [1.807, 2.05) is 55.7 Å². The van der Waals surface area contributed by atoms with Crippen molar-refractivity contribution in [2.24, 2.45) is 7.05 Å². The van der Waals surface area contributed by atoms with Crippen molar-refractivity contribution >= 4 is 28.1 Å². The van der Waals surface area contributed by atoms with Gasteiger partial charge in [0.15, 0.2) is 5.82 Å². The van der Waals surface area contributed by atoms with E-state index in [1.165, 1.54) is 0 Å². The average Bonchev–Trinajstić information content (AvgIpc) is 2.93. The van der Waals surface area contributed by atoms with Gasteiger partial charge in [-0.05, 0) is 23.8 Å². The fourth-order valence-corrected chi connectivity index (χ4v) is 2.36. The molecule has 0 radical (unpaired) electrons. The molecule has 0 atom stereocenters. The highest BCUT2D eigenvalue weighted by molar-refractivity contribution is 9.10. The van der Waals surface area contributed by atoms with Crippen molar-refractivity contribution in [1.82, 2.24) is 19.7 Å². The third kappa shape index (κ3) is 3.25. The topological polar surface area (TPSA) is 43.6 Å². The van der Waals surface area contributed by atoms with Crippen LogP contribution in [-0.2, 0) is 7.05 Å². The minimum absolute atomic E-state index is 0.673. The van der Waals surface area contributed by atoms with Gasteiger partial charge >= 0.3 is 0 Å². The number of aromatic nitrogens is 4. The summed E-state index contributed by atoms with van der Waals surface area (Å²) < 4.78 is 2.80. The molecular formula is C16H13BrN4. The molecule has 21 heavy (non-hydrogen) atoms. The number of halogens is 1. The van der Waals surface area contributed by atoms with Crippen LogP contribution >= 0.6 is 15.9 Å². The molecule has 0 spiro atoms. The van der Waals surface area contributed by atoms with Crippen molar-refractivity contribution in [3.8, 4) is 11.3 Å². The number of benzene rings is 1. The Balaban J connectivity index is 1.88. The number of hydrogen-bond acceptors (Lipinski definition) is 3. The molecule has 0 amide bonds. The largest absolute Gasteiger partial charge is 0.275 e. The summed E-state index contributed by atoms with van der Waals surface area (Å²) in [5, 5.41) is 4.16. The first-order chi connectivity index (χ1) is 10.2. The molecule has 0 saturated heterocycles. The maximum atomic E-state index is 4.53. The zero-order valence-corrected chi connectivity index (χ0v) is 13.0. The molecule has 1 aromatic carbocycles. The standard InChI is InChI=1S/C16H13BrN4/c1-21-11-13(10-19-21)15-8-9-18-16(20-15)7-6-12-4-2-3-5-14(12)17/h2-11H,1H3/b7-6+. The molecule has 3 rings (SSSR count). The number of rotatable bonds is 3. The molecule has 4 nitrogen and oxygen atoms in total. The summed E-state index contributed by atoms with van der Waals surface area (Å²) in [6.45, 7) is 0. The maximum Gasteiger partial charge on any atom is 0.152 e. The Bertz CT molecular complexity index is 792. The summed E-state index contributed by atoms with van der Waals surface area (Å²) in [4.78, 5) is 8.81. The molecule has 0 unspecified atom stereocenters. The second-order valence-electron chi connectivity index (χ2n) is 4.56. The van der Waals surface area contributed by atoms with Crippen molar-refractivity contribution in [1.29, 1.82) is 0 Å². The molecule has 0 N–H and O–H groups in total. The van der Waals surface area contributed by atoms with Gasteiger partial charge in [0.1, 0.15) is 0 Å². The van der Waals surface area contributed by atoms with Crippen LogP contribution in [0.15, 0.2) is 53.4 Å². The molecule has 104 valence electrons. The fraction of sp³-hybridized carbons (Fsp3) is 0.0625. The van der Waals surface area contributed by atoms with Gasteiger partial charge in [-0.15, -0.1) is 0 Å². The predicted octanol–water partition coefficient (Wildman–Crippen LogP) is 3.81. The molecule has 0 aliphatic carbocycles. The molecule has 3 aromatic rings. The zero-order valence-electron chi connectivity index (χ0n) is 11.4. The molecule has 2 aromatic heterocycles. The van der Waals surface area contributed by atoms with Gasteiger partial charge in [-0.3, -0.25) is 4.68 Å². The Labute approximate surface area is 131 Å². The quantitative estimate of drug-likeness (QED) is 0.728. The van der Waals surface area contributed by atoms with Crippen molar-refractivity contribution in [2.75, 3.05) is 0 Å². The van der Waals surface area contributed by atoms with Gasteiger partial charge in [-0.25, -0.2) is 9.97 Å². The minimum atomic E-state index is 0.673. The van der Waals surface area contributed by atoms with Crippen molar-refractivity contribution < 1.29 is 0 Å². The lowest BCUT2D eigenvalue weighted by molar-refractivity contribution is 0.768. The first-order valence-electron chi connectivity index (χ1n) is 6.47. The number of nitrogens with zero attached hydrogens (tertiary/aromatic N) is 4. The second kappa shape index (κ2) is 6.01. The van der Waals surface area contributed by atoms with E-state index in [9.17, 15) is 0 Å². The lowest BCUT2D eigenvalue weighted by atomic mass is 10.2. The average molecular weight is 341 g/mol. The lowest BCUT2D eigenvalue weighted by Crippen LogP contribution is -1.89. The van der Waals surface area contributed by atoms with Gasteiger partial charge in [-0.2, -0.15) is 5.10 Å². The molecule has 5 heteroatoms. The summed E-state index contributed by atoms with van der Waals surface area (Å²) in [6, 6.07) is 9.91. The molecule has 0 aliphatic heterocycles. The minimum Gasteiger partial charge on any atom is -0.275 e. The van der Waals surface area contributed by atoms with Crippen LogP contribution < -0.4 is 0 Å². The van der Waals surface area contributed by atoms with Crippen LogP contribution in [-0.4, -0.2) is 19.7 Å². The van der Waals surface area contributed by atoms with Crippen LogP contribution in [0.25, 0.3) is 23.4 Å². The Morgan fingerprint density at radius 2 is 2.00 bits per heavy atom. The maximum absolute atomic E-state index is 4.53.